The normalized spacial score (nSPS) is 23.6. The maximum absolute atomic E-state index is 11.8. The molecule has 2 aromatic rings. The molecule has 3 heteroatoms. The Hall–Kier alpha value is -2.73. The molecule has 0 spiro atoms. The van der Waals surface area contributed by atoms with E-state index in [0.29, 0.717) is 36.0 Å². The number of nitrogens with zero attached hydrogens (tertiary/aromatic N) is 2. The topological polar surface area (TPSA) is 53.8 Å². The SMILES string of the molecule is CC1CC(=O)CC(/C=C/c2ccc(-c3ccccc3C#N)cn2)C1C. The number of allylic oxidation sites excluding steroid dienone is 1. The molecule has 0 N–H and O–H groups in total. The van der Waals surface area contributed by atoms with E-state index in [4.69, 9.17) is 0 Å². The molecule has 1 heterocycles. The van der Waals surface area contributed by atoms with E-state index in [0.717, 1.165) is 16.8 Å². The van der Waals surface area contributed by atoms with Gasteiger partial charge in [0, 0.05) is 30.2 Å². The van der Waals surface area contributed by atoms with Crippen molar-refractivity contribution in [2.75, 3.05) is 0 Å². The minimum atomic E-state index is 0.289. The number of Topliss-reactive ketones (excluding diaryl/α,β-unsaturated/α-hetero) is 1. The van der Waals surface area contributed by atoms with Crippen molar-refractivity contribution >= 4 is 11.9 Å². The zero-order chi connectivity index (χ0) is 17.8. The Bertz CT molecular complexity index is 830. The second-order valence-electron chi connectivity index (χ2n) is 6.94. The van der Waals surface area contributed by atoms with Gasteiger partial charge in [0.25, 0.3) is 0 Å². The van der Waals surface area contributed by atoms with Crippen LogP contribution in [-0.4, -0.2) is 10.8 Å². The lowest BCUT2D eigenvalue weighted by Crippen LogP contribution is -2.28. The minimum Gasteiger partial charge on any atom is -0.300 e. The Balaban J connectivity index is 1.77. The number of hydrogen-bond acceptors (Lipinski definition) is 3. The molecule has 1 saturated carbocycles. The van der Waals surface area contributed by atoms with Gasteiger partial charge in [0.05, 0.1) is 17.3 Å². The van der Waals surface area contributed by atoms with Gasteiger partial charge in [-0.1, -0.05) is 44.2 Å². The minimum absolute atomic E-state index is 0.289. The second-order valence-corrected chi connectivity index (χ2v) is 6.94. The summed E-state index contributed by atoms with van der Waals surface area (Å²) < 4.78 is 0. The number of hydrogen-bond donors (Lipinski definition) is 0. The second kappa shape index (κ2) is 7.44. The first kappa shape index (κ1) is 17.1. The molecule has 3 rings (SSSR count). The van der Waals surface area contributed by atoms with Crippen molar-refractivity contribution in [2.24, 2.45) is 17.8 Å². The van der Waals surface area contributed by atoms with Gasteiger partial charge >= 0.3 is 0 Å². The van der Waals surface area contributed by atoms with Crippen molar-refractivity contribution in [2.45, 2.75) is 26.7 Å². The van der Waals surface area contributed by atoms with E-state index in [1.807, 2.05) is 42.5 Å². The summed E-state index contributed by atoms with van der Waals surface area (Å²) in [7, 11) is 0. The van der Waals surface area contributed by atoms with Crippen LogP contribution in [0.1, 0.15) is 37.9 Å². The average Bonchev–Trinajstić information content (AvgIpc) is 2.64. The standard InChI is InChI=1S/C22H22N2O/c1-15-11-21(25)12-17(16(15)2)7-9-20-10-8-19(14-24-20)22-6-4-3-5-18(22)13-23/h3-10,14-17H,11-12H2,1-2H3/b9-7+. The van der Waals surface area contributed by atoms with Gasteiger partial charge in [-0.2, -0.15) is 5.26 Å². The third-order valence-corrected chi connectivity index (χ3v) is 5.24. The zero-order valence-corrected chi connectivity index (χ0v) is 14.6. The lowest BCUT2D eigenvalue weighted by atomic mass is 9.73. The highest BCUT2D eigenvalue weighted by Gasteiger charge is 2.29. The van der Waals surface area contributed by atoms with Gasteiger partial charge in [-0.05, 0) is 36.0 Å². The number of nitriles is 1. The molecule has 1 aliphatic carbocycles. The molecular weight excluding hydrogens is 308 g/mol. The number of aromatic nitrogens is 1. The van der Waals surface area contributed by atoms with Crippen LogP contribution in [0.15, 0.2) is 48.7 Å². The number of carbonyl (C=O) groups excluding carboxylic acids is 1. The molecule has 3 nitrogen and oxygen atoms in total. The molecule has 3 unspecified atom stereocenters. The predicted molar refractivity (Wildman–Crippen MR) is 99.5 cm³/mol. The first-order chi connectivity index (χ1) is 12.1. The molecule has 0 bridgehead atoms. The van der Waals surface area contributed by atoms with Crippen LogP contribution < -0.4 is 0 Å². The van der Waals surface area contributed by atoms with Gasteiger partial charge in [0.1, 0.15) is 5.78 Å². The Kier molecular flexibility index (Phi) is 5.09. The van der Waals surface area contributed by atoms with E-state index >= 15 is 0 Å². The molecule has 3 atom stereocenters. The van der Waals surface area contributed by atoms with E-state index in [-0.39, 0.29) is 5.92 Å². The van der Waals surface area contributed by atoms with E-state index < -0.39 is 0 Å². The molecule has 0 amide bonds. The first-order valence-corrected chi connectivity index (χ1v) is 8.74. The monoisotopic (exact) mass is 330 g/mol. The molecule has 1 aromatic heterocycles. The van der Waals surface area contributed by atoms with Crippen LogP contribution in [-0.2, 0) is 4.79 Å². The van der Waals surface area contributed by atoms with Crippen molar-refractivity contribution in [3.63, 3.8) is 0 Å². The van der Waals surface area contributed by atoms with Crippen molar-refractivity contribution in [3.05, 3.63) is 59.9 Å². The molecule has 1 aromatic carbocycles. The summed E-state index contributed by atoms with van der Waals surface area (Å²) in [4.78, 5) is 16.3. The smallest absolute Gasteiger partial charge is 0.133 e. The van der Waals surface area contributed by atoms with E-state index in [2.05, 4.69) is 31.0 Å². The highest BCUT2D eigenvalue weighted by molar-refractivity contribution is 5.80. The van der Waals surface area contributed by atoms with Crippen LogP contribution in [0.25, 0.3) is 17.2 Å². The third kappa shape index (κ3) is 3.85. The molecule has 1 aliphatic rings. The fourth-order valence-electron chi connectivity index (χ4n) is 3.46. The van der Waals surface area contributed by atoms with E-state index in [1.165, 1.54) is 0 Å². The summed E-state index contributed by atoms with van der Waals surface area (Å²) in [6.07, 6.45) is 7.27. The van der Waals surface area contributed by atoms with Crippen LogP contribution in [0.4, 0.5) is 0 Å². The maximum atomic E-state index is 11.8. The molecular formula is C22H22N2O. The summed E-state index contributed by atoms with van der Waals surface area (Å²) in [6, 6.07) is 13.7. The molecule has 0 radical (unpaired) electrons. The summed E-state index contributed by atoms with van der Waals surface area (Å²) in [5.41, 5.74) is 3.35. The van der Waals surface area contributed by atoms with E-state index in [9.17, 15) is 10.1 Å². The number of pyridine rings is 1. The van der Waals surface area contributed by atoms with Gasteiger partial charge in [-0.3, -0.25) is 9.78 Å². The maximum Gasteiger partial charge on any atom is 0.133 e. The number of rotatable bonds is 3. The summed E-state index contributed by atoms with van der Waals surface area (Å²) >= 11 is 0. The van der Waals surface area contributed by atoms with Crippen LogP contribution in [0.2, 0.25) is 0 Å². The van der Waals surface area contributed by atoms with Crippen LogP contribution in [0.5, 0.6) is 0 Å². The van der Waals surface area contributed by atoms with E-state index in [1.54, 1.807) is 6.20 Å². The lowest BCUT2D eigenvalue weighted by molar-refractivity contribution is -0.123. The number of ketones is 1. The molecule has 0 saturated heterocycles. The Morgan fingerprint density at radius 2 is 1.96 bits per heavy atom. The summed E-state index contributed by atoms with van der Waals surface area (Å²) in [5, 5.41) is 9.22. The molecule has 0 aliphatic heterocycles. The molecule has 1 fully saturated rings. The van der Waals surface area contributed by atoms with Crippen LogP contribution >= 0.6 is 0 Å². The predicted octanol–water partition coefficient (Wildman–Crippen LogP) is 4.88. The lowest BCUT2D eigenvalue weighted by Gasteiger charge is -2.31. The zero-order valence-electron chi connectivity index (χ0n) is 14.6. The van der Waals surface area contributed by atoms with Gasteiger partial charge in [-0.25, -0.2) is 0 Å². The Morgan fingerprint density at radius 1 is 1.16 bits per heavy atom. The van der Waals surface area contributed by atoms with Crippen molar-refractivity contribution in [1.29, 1.82) is 5.26 Å². The molecule has 25 heavy (non-hydrogen) atoms. The fourth-order valence-corrected chi connectivity index (χ4v) is 3.46. The largest absolute Gasteiger partial charge is 0.300 e. The quantitative estimate of drug-likeness (QED) is 0.805. The van der Waals surface area contributed by atoms with Crippen LogP contribution in [0.3, 0.4) is 0 Å². The highest BCUT2D eigenvalue weighted by Crippen LogP contribution is 2.33. The van der Waals surface area contributed by atoms with Gasteiger partial charge in [0.2, 0.25) is 0 Å². The molecule has 126 valence electrons. The highest BCUT2D eigenvalue weighted by atomic mass is 16.1. The van der Waals surface area contributed by atoms with Crippen molar-refractivity contribution < 1.29 is 4.79 Å². The van der Waals surface area contributed by atoms with Crippen LogP contribution in [0, 0.1) is 29.1 Å². The summed E-state index contributed by atoms with van der Waals surface area (Å²) in [5.74, 6) is 1.60. The Labute approximate surface area is 149 Å². The van der Waals surface area contributed by atoms with Gasteiger partial charge in [-0.15, -0.1) is 0 Å². The number of benzene rings is 1. The first-order valence-electron chi connectivity index (χ1n) is 8.74. The number of carbonyl (C=O) groups is 1. The van der Waals surface area contributed by atoms with Crippen molar-refractivity contribution in [3.8, 4) is 17.2 Å². The third-order valence-electron chi connectivity index (χ3n) is 5.24. The Morgan fingerprint density at radius 3 is 2.68 bits per heavy atom. The fraction of sp³-hybridized carbons (Fsp3) is 0.318. The average molecular weight is 330 g/mol. The van der Waals surface area contributed by atoms with Gasteiger partial charge < -0.3 is 0 Å². The summed E-state index contributed by atoms with van der Waals surface area (Å²) in [6.45, 7) is 4.38. The van der Waals surface area contributed by atoms with Crippen molar-refractivity contribution in [1.82, 2.24) is 4.98 Å². The van der Waals surface area contributed by atoms with Gasteiger partial charge in [0.15, 0.2) is 0 Å².